The van der Waals surface area contributed by atoms with Crippen LogP contribution in [0.3, 0.4) is 0 Å². The van der Waals surface area contributed by atoms with E-state index in [9.17, 15) is 0 Å². The molecule has 0 amide bonds. The van der Waals surface area contributed by atoms with Crippen LogP contribution in [-0.4, -0.2) is 28.2 Å². The van der Waals surface area contributed by atoms with E-state index < -0.39 is 0 Å². The van der Waals surface area contributed by atoms with E-state index in [-0.39, 0.29) is 0 Å². The first-order chi connectivity index (χ1) is 4.62. The van der Waals surface area contributed by atoms with Crippen molar-refractivity contribution in [1.29, 1.82) is 0 Å². The van der Waals surface area contributed by atoms with Gasteiger partial charge in [0.15, 0.2) is 0 Å². The van der Waals surface area contributed by atoms with Gasteiger partial charge in [-0.3, -0.25) is 0 Å². The number of hydrogen-bond donors (Lipinski definition) is 0. The van der Waals surface area contributed by atoms with Crippen molar-refractivity contribution < 1.29 is 0 Å². The molecule has 0 aromatic heterocycles. The third-order valence-electron chi connectivity index (χ3n) is 1.84. The Labute approximate surface area is 78.7 Å². The van der Waals surface area contributed by atoms with Crippen molar-refractivity contribution in [3.63, 3.8) is 0 Å². The number of thioether (sulfide) groups is 1. The van der Waals surface area contributed by atoms with Crippen LogP contribution in [0.15, 0.2) is 0 Å². The molecule has 0 N–H and O–H groups in total. The standard InChI is InChI=1S/C8H17S.Li/c1-5-7-9-8(3,4)6-2;/h1,5-7H2,2-4H3;. The van der Waals surface area contributed by atoms with Gasteiger partial charge in [0.25, 0.3) is 0 Å². The Kier molecular flexibility index (Phi) is 6.11. The van der Waals surface area contributed by atoms with E-state index >= 15 is 0 Å². The van der Waals surface area contributed by atoms with E-state index in [1.54, 1.807) is 0 Å². The van der Waals surface area contributed by atoms with Crippen LogP contribution in [0.5, 0.6) is 0 Å². The van der Waals surface area contributed by atoms with E-state index in [1.807, 2.05) is 0 Å². The van der Waals surface area contributed by atoms with Gasteiger partial charge in [-0.1, -0.05) is 0 Å². The Morgan fingerprint density at radius 1 is 1.40 bits per heavy atom. The van der Waals surface area contributed by atoms with E-state index in [1.165, 1.54) is 23.7 Å². The van der Waals surface area contributed by atoms with Gasteiger partial charge in [0.05, 0.1) is 0 Å². The molecule has 0 heterocycles. The number of hydrogen-bond acceptors (Lipinski definition) is 1. The first-order valence-corrected chi connectivity index (χ1v) is 5.25. The summed E-state index contributed by atoms with van der Waals surface area (Å²) in [5.41, 5.74) is 0. The molecule has 0 aliphatic carbocycles. The second-order valence-electron chi connectivity index (χ2n) is 3.32. The zero-order valence-electron chi connectivity index (χ0n) is 7.74. The molecular formula is C8H17LiS. The van der Waals surface area contributed by atoms with Crippen molar-refractivity contribution in [3.8, 4) is 0 Å². The average Bonchev–Trinajstić information content (AvgIpc) is 1.89. The molecule has 56 valence electrons. The minimum atomic E-state index is 0.509. The van der Waals surface area contributed by atoms with E-state index in [0.717, 1.165) is 0 Å². The topological polar surface area (TPSA) is 0 Å². The van der Waals surface area contributed by atoms with E-state index in [4.69, 9.17) is 0 Å². The quantitative estimate of drug-likeness (QED) is 0.431. The van der Waals surface area contributed by atoms with Crippen LogP contribution in [0.4, 0.5) is 0 Å². The second-order valence-corrected chi connectivity index (χ2v) is 5.12. The summed E-state index contributed by atoms with van der Waals surface area (Å²) < 4.78 is 0.509. The maximum absolute atomic E-state index is 2.33. The Bertz CT molecular complexity index is 81.3. The van der Waals surface area contributed by atoms with Crippen molar-refractivity contribution in [3.05, 3.63) is 0 Å². The minimum absolute atomic E-state index is 0.509. The SMILES string of the molecule is [Li][CH2]CCSC(C)(C)CC. The van der Waals surface area contributed by atoms with Gasteiger partial charge in [-0.15, -0.1) is 0 Å². The molecular weight excluding hydrogens is 135 g/mol. The van der Waals surface area contributed by atoms with Crippen molar-refractivity contribution >= 4 is 29.5 Å². The van der Waals surface area contributed by atoms with Gasteiger partial charge in [-0.2, -0.15) is 0 Å². The number of rotatable bonds is 5. The average molecular weight is 152 g/mol. The first-order valence-electron chi connectivity index (χ1n) is 4.26. The summed E-state index contributed by atoms with van der Waals surface area (Å²) in [6.45, 7) is 6.92. The molecule has 10 heavy (non-hydrogen) atoms. The van der Waals surface area contributed by atoms with Crippen LogP contribution in [0.1, 0.15) is 33.6 Å². The van der Waals surface area contributed by atoms with Gasteiger partial charge >= 0.3 is 78.7 Å². The summed E-state index contributed by atoms with van der Waals surface area (Å²) in [7, 11) is 0. The van der Waals surface area contributed by atoms with Crippen molar-refractivity contribution in [2.24, 2.45) is 0 Å². The Hall–Kier alpha value is 0.947. The van der Waals surface area contributed by atoms with Crippen molar-refractivity contribution in [2.45, 2.75) is 43.5 Å². The molecule has 0 saturated carbocycles. The van der Waals surface area contributed by atoms with Crippen LogP contribution in [0.2, 0.25) is 5.09 Å². The maximum atomic E-state index is 2.33. The van der Waals surface area contributed by atoms with Crippen LogP contribution in [0.25, 0.3) is 0 Å². The predicted molar refractivity (Wildman–Crippen MR) is 52.0 cm³/mol. The molecule has 0 fully saturated rings. The molecule has 0 rings (SSSR count). The van der Waals surface area contributed by atoms with Crippen molar-refractivity contribution in [2.75, 3.05) is 5.75 Å². The Morgan fingerprint density at radius 3 is 2.40 bits per heavy atom. The van der Waals surface area contributed by atoms with Gasteiger partial charge in [0.1, 0.15) is 0 Å². The summed E-state index contributed by atoms with van der Waals surface area (Å²) in [6.07, 6.45) is 2.65. The first kappa shape index (κ1) is 10.9. The van der Waals surface area contributed by atoms with Crippen LogP contribution < -0.4 is 0 Å². The van der Waals surface area contributed by atoms with Gasteiger partial charge < -0.3 is 0 Å². The molecule has 0 unspecified atom stereocenters. The van der Waals surface area contributed by atoms with E-state index in [2.05, 4.69) is 50.2 Å². The molecule has 0 aromatic carbocycles. The molecule has 0 aliphatic heterocycles. The summed E-state index contributed by atoms with van der Waals surface area (Å²) >= 11 is 4.35. The molecule has 2 heteroatoms. The summed E-state index contributed by atoms with van der Waals surface area (Å²) in [6, 6.07) is 0. The second kappa shape index (κ2) is 5.58. The summed E-state index contributed by atoms with van der Waals surface area (Å²) in [4.78, 5) is 0. The molecule has 0 spiro atoms. The summed E-state index contributed by atoms with van der Waals surface area (Å²) in [5.74, 6) is 1.33. The van der Waals surface area contributed by atoms with E-state index in [0.29, 0.717) is 4.75 Å². The third-order valence-corrected chi connectivity index (χ3v) is 3.41. The van der Waals surface area contributed by atoms with Gasteiger partial charge in [0.2, 0.25) is 0 Å². The van der Waals surface area contributed by atoms with Crippen LogP contribution in [-0.2, 0) is 0 Å². The molecule has 0 radical (unpaired) electrons. The fourth-order valence-corrected chi connectivity index (χ4v) is 1.78. The fraction of sp³-hybridized carbons (Fsp3) is 1.00. The Balaban J connectivity index is 3.28. The predicted octanol–water partition coefficient (Wildman–Crippen LogP) is 2.89. The van der Waals surface area contributed by atoms with Crippen LogP contribution >= 0.6 is 11.8 Å². The third kappa shape index (κ3) is 5.71. The normalized spacial score (nSPS) is 12.1. The van der Waals surface area contributed by atoms with Gasteiger partial charge in [-0.05, 0) is 0 Å². The van der Waals surface area contributed by atoms with Crippen molar-refractivity contribution in [1.82, 2.24) is 0 Å². The molecule has 0 atom stereocenters. The fourth-order valence-electron chi connectivity index (χ4n) is 0.595. The molecule has 0 saturated heterocycles. The molecule has 0 nitrogen and oxygen atoms in total. The van der Waals surface area contributed by atoms with Gasteiger partial charge in [0, 0.05) is 0 Å². The van der Waals surface area contributed by atoms with Crippen LogP contribution in [0, 0.1) is 0 Å². The zero-order valence-corrected chi connectivity index (χ0v) is 8.55. The van der Waals surface area contributed by atoms with Gasteiger partial charge in [-0.25, -0.2) is 0 Å². The summed E-state index contributed by atoms with van der Waals surface area (Å²) in [5, 5.41) is 1.33. The molecule has 0 aromatic rings. The molecule has 0 aliphatic rings. The monoisotopic (exact) mass is 152 g/mol. The Morgan fingerprint density at radius 2 is 2.00 bits per heavy atom. The molecule has 0 bridgehead atoms. The zero-order chi connectivity index (χ0) is 8.04.